The van der Waals surface area contributed by atoms with E-state index in [-0.39, 0.29) is 6.09 Å². The summed E-state index contributed by atoms with van der Waals surface area (Å²) < 4.78 is 7.09. The van der Waals surface area contributed by atoms with E-state index < -0.39 is 5.60 Å². The Labute approximate surface area is 131 Å². The molecule has 0 aromatic carbocycles. The van der Waals surface area contributed by atoms with Crippen molar-refractivity contribution in [3.8, 4) is 0 Å². The van der Waals surface area contributed by atoms with Crippen LogP contribution in [-0.4, -0.2) is 45.8 Å². The van der Waals surface area contributed by atoms with E-state index in [1.807, 2.05) is 31.6 Å². The van der Waals surface area contributed by atoms with Gasteiger partial charge in [0.25, 0.3) is 0 Å². The average Bonchev–Trinajstić information content (AvgIpc) is 3.06. The van der Waals surface area contributed by atoms with Gasteiger partial charge in [0.2, 0.25) is 0 Å². The summed E-state index contributed by atoms with van der Waals surface area (Å²) >= 11 is 0. The van der Waals surface area contributed by atoms with Crippen molar-refractivity contribution in [3.05, 3.63) is 12.4 Å². The van der Waals surface area contributed by atoms with E-state index in [0.29, 0.717) is 18.5 Å². The van der Waals surface area contributed by atoms with Crippen LogP contribution in [-0.2, 0) is 11.3 Å². The van der Waals surface area contributed by atoms with Crippen LogP contribution in [0.1, 0.15) is 40.0 Å². The lowest BCUT2D eigenvalue weighted by molar-refractivity contribution is 0.0517. The third-order valence-electron chi connectivity index (χ3n) is 3.79. The van der Waals surface area contributed by atoms with Crippen LogP contribution in [0.2, 0.25) is 0 Å². The third kappa shape index (κ3) is 5.63. The van der Waals surface area contributed by atoms with Crippen molar-refractivity contribution in [2.24, 2.45) is 5.92 Å². The van der Waals surface area contributed by atoms with Gasteiger partial charge < -0.3 is 15.4 Å². The largest absolute Gasteiger partial charge is 0.444 e. The number of amides is 1. The van der Waals surface area contributed by atoms with Crippen molar-refractivity contribution in [2.75, 3.05) is 13.1 Å². The predicted molar refractivity (Wildman–Crippen MR) is 83.4 cm³/mol. The standard InChI is InChI=1S/C15H27N5O2/c1-15(2,3)22-14(21)17-11-12-5-4-6-13(12)16-7-9-20-10-8-18-19-20/h8,10,12-13,16H,4-7,9,11H2,1-3H3,(H,17,21). The predicted octanol–water partition coefficient (Wildman–Crippen LogP) is 1.56. The summed E-state index contributed by atoms with van der Waals surface area (Å²) in [6, 6.07) is 0.443. The quantitative estimate of drug-likeness (QED) is 0.833. The Morgan fingerprint density at radius 1 is 1.41 bits per heavy atom. The third-order valence-corrected chi connectivity index (χ3v) is 3.79. The van der Waals surface area contributed by atoms with Crippen LogP contribution in [0.15, 0.2) is 12.4 Å². The minimum Gasteiger partial charge on any atom is -0.444 e. The zero-order valence-corrected chi connectivity index (χ0v) is 13.7. The molecule has 2 atom stereocenters. The maximum atomic E-state index is 11.7. The second kappa shape index (κ2) is 7.58. The maximum absolute atomic E-state index is 11.7. The van der Waals surface area contributed by atoms with Crippen molar-refractivity contribution in [3.63, 3.8) is 0 Å². The van der Waals surface area contributed by atoms with Crippen molar-refractivity contribution >= 4 is 6.09 Å². The van der Waals surface area contributed by atoms with Crippen LogP contribution in [0.3, 0.4) is 0 Å². The number of alkyl carbamates (subject to hydrolysis) is 1. The van der Waals surface area contributed by atoms with Crippen LogP contribution in [0, 0.1) is 5.92 Å². The minimum atomic E-state index is -0.449. The summed E-state index contributed by atoms with van der Waals surface area (Å²) in [6.07, 6.45) is 6.69. The molecular weight excluding hydrogens is 282 g/mol. The van der Waals surface area contributed by atoms with Gasteiger partial charge in [0.05, 0.1) is 12.7 Å². The highest BCUT2D eigenvalue weighted by Gasteiger charge is 2.27. The molecule has 0 aliphatic heterocycles. The molecule has 7 nitrogen and oxygen atoms in total. The lowest BCUT2D eigenvalue weighted by Crippen LogP contribution is -2.41. The number of carbonyl (C=O) groups excluding carboxylic acids is 1. The summed E-state index contributed by atoms with van der Waals surface area (Å²) in [5.74, 6) is 0.461. The van der Waals surface area contributed by atoms with Crippen LogP contribution < -0.4 is 10.6 Å². The zero-order valence-electron chi connectivity index (χ0n) is 13.7. The Balaban J connectivity index is 1.68. The number of carbonyl (C=O) groups is 1. The van der Waals surface area contributed by atoms with E-state index in [1.165, 1.54) is 6.42 Å². The van der Waals surface area contributed by atoms with Gasteiger partial charge in [-0.25, -0.2) is 4.79 Å². The van der Waals surface area contributed by atoms with E-state index >= 15 is 0 Å². The molecule has 1 amide bonds. The molecule has 124 valence electrons. The molecule has 7 heteroatoms. The molecule has 2 rings (SSSR count). The second-order valence-corrected chi connectivity index (χ2v) is 6.80. The van der Waals surface area contributed by atoms with Crippen LogP contribution >= 0.6 is 0 Å². The lowest BCUT2D eigenvalue weighted by Gasteiger charge is -2.23. The van der Waals surface area contributed by atoms with Crippen molar-refractivity contribution in [1.29, 1.82) is 0 Å². The number of nitrogens with zero attached hydrogens (tertiary/aromatic N) is 3. The highest BCUT2D eigenvalue weighted by molar-refractivity contribution is 5.67. The van der Waals surface area contributed by atoms with Gasteiger partial charge in [-0.3, -0.25) is 4.68 Å². The van der Waals surface area contributed by atoms with Crippen molar-refractivity contribution in [1.82, 2.24) is 25.6 Å². The molecule has 1 aromatic rings. The molecule has 1 heterocycles. The van der Waals surface area contributed by atoms with E-state index in [1.54, 1.807) is 6.20 Å². The molecule has 1 saturated carbocycles. The van der Waals surface area contributed by atoms with Gasteiger partial charge >= 0.3 is 6.09 Å². The first kappa shape index (κ1) is 16.7. The first-order valence-corrected chi connectivity index (χ1v) is 7.98. The Bertz CT molecular complexity index is 455. The van der Waals surface area contributed by atoms with Gasteiger partial charge in [0.1, 0.15) is 5.60 Å². The lowest BCUT2D eigenvalue weighted by atomic mass is 10.0. The fourth-order valence-electron chi connectivity index (χ4n) is 2.79. The fourth-order valence-corrected chi connectivity index (χ4v) is 2.79. The number of ether oxygens (including phenoxy) is 1. The highest BCUT2D eigenvalue weighted by Crippen LogP contribution is 2.25. The SMILES string of the molecule is CC(C)(C)OC(=O)NCC1CCCC1NCCn1ccnn1. The Morgan fingerprint density at radius 2 is 2.23 bits per heavy atom. The number of aromatic nitrogens is 3. The van der Waals surface area contributed by atoms with Gasteiger partial charge in [0.15, 0.2) is 0 Å². The van der Waals surface area contributed by atoms with Crippen LogP contribution in [0.25, 0.3) is 0 Å². The molecule has 2 unspecified atom stereocenters. The van der Waals surface area contributed by atoms with Gasteiger partial charge in [-0.2, -0.15) is 0 Å². The summed E-state index contributed by atoms with van der Waals surface area (Å²) in [7, 11) is 0. The normalized spacial score (nSPS) is 21.8. The summed E-state index contributed by atoms with van der Waals surface area (Å²) in [4.78, 5) is 11.7. The van der Waals surface area contributed by atoms with Crippen molar-refractivity contribution < 1.29 is 9.53 Å². The molecule has 1 fully saturated rings. The van der Waals surface area contributed by atoms with Gasteiger partial charge in [0, 0.05) is 25.3 Å². The van der Waals surface area contributed by atoms with Gasteiger partial charge in [-0.15, -0.1) is 5.10 Å². The number of nitrogens with one attached hydrogen (secondary N) is 2. The summed E-state index contributed by atoms with van der Waals surface area (Å²) in [5, 5.41) is 14.2. The average molecular weight is 309 g/mol. The first-order valence-electron chi connectivity index (χ1n) is 7.98. The van der Waals surface area contributed by atoms with Gasteiger partial charge in [-0.1, -0.05) is 11.6 Å². The Kier molecular flexibility index (Phi) is 5.76. The Hall–Kier alpha value is -1.63. The van der Waals surface area contributed by atoms with E-state index in [2.05, 4.69) is 20.9 Å². The highest BCUT2D eigenvalue weighted by atomic mass is 16.6. The molecule has 0 radical (unpaired) electrons. The zero-order chi connectivity index (χ0) is 16.0. The molecule has 0 spiro atoms. The van der Waals surface area contributed by atoms with E-state index in [0.717, 1.165) is 25.9 Å². The smallest absolute Gasteiger partial charge is 0.407 e. The molecule has 0 bridgehead atoms. The van der Waals surface area contributed by atoms with Crippen molar-refractivity contribution in [2.45, 2.75) is 58.2 Å². The molecule has 1 aromatic heterocycles. The summed E-state index contributed by atoms with van der Waals surface area (Å²) in [5.41, 5.74) is -0.449. The first-order chi connectivity index (χ1) is 10.4. The maximum Gasteiger partial charge on any atom is 0.407 e. The number of rotatable bonds is 6. The number of hydrogen-bond acceptors (Lipinski definition) is 5. The molecule has 1 aliphatic carbocycles. The monoisotopic (exact) mass is 309 g/mol. The molecular formula is C15H27N5O2. The Morgan fingerprint density at radius 3 is 2.91 bits per heavy atom. The van der Waals surface area contributed by atoms with Gasteiger partial charge in [-0.05, 0) is 39.5 Å². The van der Waals surface area contributed by atoms with Crippen LogP contribution in [0.5, 0.6) is 0 Å². The molecule has 22 heavy (non-hydrogen) atoms. The molecule has 1 aliphatic rings. The number of hydrogen-bond donors (Lipinski definition) is 2. The van der Waals surface area contributed by atoms with E-state index in [4.69, 9.17) is 4.74 Å². The molecule has 2 N–H and O–H groups in total. The second-order valence-electron chi connectivity index (χ2n) is 6.80. The topological polar surface area (TPSA) is 81.1 Å². The van der Waals surface area contributed by atoms with E-state index in [9.17, 15) is 4.79 Å². The van der Waals surface area contributed by atoms with Crippen LogP contribution in [0.4, 0.5) is 4.79 Å². The summed E-state index contributed by atoms with van der Waals surface area (Å²) in [6.45, 7) is 7.94. The minimum absolute atomic E-state index is 0.333. The molecule has 0 saturated heterocycles. The fraction of sp³-hybridized carbons (Fsp3) is 0.800.